The number of hydrogen-bond acceptors (Lipinski definition) is 3. The molecule has 114 valence electrons. The Morgan fingerprint density at radius 2 is 2.14 bits per heavy atom. The van der Waals surface area contributed by atoms with Crippen molar-refractivity contribution in [1.82, 2.24) is 4.90 Å². The number of phenols is 1. The average molecular weight is 312 g/mol. The number of carbonyl (C=O) groups is 2. The molecule has 0 spiro atoms. The van der Waals surface area contributed by atoms with Crippen molar-refractivity contribution in [1.29, 1.82) is 0 Å². The zero-order valence-electron chi connectivity index (χ0n) is 11.8. The summed E-state index contributed by atoms with van der Waals surface area (Å²) in [7, 11) is 0. The van der Waals surface area contributed by atoms with Gasteiger partial charge in [0.25, 0.3) is 5.91 Å². The second-order valence-corrected chi connectivity index (χ2v) is 5.88. The highest BCUT2D eigenvalue weighted by molar-refractivity contribution is 6.33. The van der Waals surface area contributed by atoms with Crippen LogP contribution in [-0.4, -0.2) is 40.1 Å². The molecule has 0 radical (unpaired) electrons. The van der Waals surface area contributed by atoms with Crippen LogP contribution < -0.4 is 0 Å². The molecule has 1 atom stereocenters. The Balaban J connectivity index is 2.22. The third-order valence-corrected chi connectivity index (χ3v) is 4.33. The molecule has 1 heterocycles. The van der Waals surface area contributed by atoms with Gasteiger partial charge in [-0.15, -0.1) is 0 Å². The molecule has 1 fully saturated rings. The van der Waals surface area contributed by atoms with E-state index in [-0.39, 0.29) is 28.8 Å². The van der Waals surface area contributed by atoms with Crippen LogP contribution in [-0.2, 0) is 4.79 Å². The molecule has 0 aromatic heterocycles. The lowest BCUT2D eigenvalue weighted by atomic mass is 9.83. The molecule has 1 aliphatic rings. The average Bonchev–Trinajstić information content (AvgIpc) is 2.87. The first kappa shape index (κ1) is 15.6. The van der Waals surface area contributed by atoms with Gasteiger partial charge in [-0.25, -0.2) is 0 Å². The number of likely N-dealkylation sites (tertiary alicyclic amines) is 1. The van der Waals surface area contributed by atoms with Gasteiger partial charge in [-0.2, -0.15) is 0 Å². The predicted molar refractivity (Wildman–Crippen MR) is 78.6 cm³/mol. The number of rotatable bonds is 4. The van der Waals surface area contributed by atoms with E-state index in [9.17, 15) is 19.8 Å². The van der Waals surface area contributed by atoms with E-state index in [1.807, 2.05) is 6.92 Å². The van der Waals surface area contributed by atoms with Crippen LogP contribution >= 0.6 is 11.6 Å². The van der Waals surface area contributed by atoms with Crippen LogP contribution in [0.4, 0.5) is 0 Å². The minimum Gasteiger partial charge on any atom is -0.508 e. The van der Waals surface area contributed by atoms with E-state index in [4.69, 9.17) is 11.6 Å². The van der Waals surface area contributed by atoms with E-state index in [0.717, 1.165) is 6.42 Å². The monoisotopic (exact) mass is 311 g/mol. The maximum Gasteiger partial charge on any atom is 0.311 e. The highest BCUT2D eigenvalue weighted by Crippen LogP contribution is 2.37. The molecule has 5 nitrogen and oxygen atoms in total. The number of amides is 1. The van der Waals surface area contributed by atoms with Crippen molar-refractivity contribution < 1.29 is 19.8 Å². The molecule has 1 aliphatic heterocycles. The molecular formula is C15H18ClNO4. The van der Waals surface area contributed by atoms with Crippen molar-refractivity contribution >= 4 is 23.5 Å². The quantitative estimate of drug-likeness (QED) is 0.896. The first-order valence-corrected chi connectivity index (χ1v) is 7.28. The lowest BCUT2D eigenvalue weighted by Crippen LogP contribution is -2.37. The molecule has 0 bridgehead atoms. The number of halogens is 1. The summed E-state index contributed by atoms with van der Waals surface area (Å²) in [5.41, 5.74) is -0.664. The van der Waals surface area contributed by atoms with Crippen molar-refractivity contribution in [2.45, 2.75) is 26.2 Å². The number of aromatic hydroxyl groups is 1. The van der Waals surface area contributed by atoms with Gasteiger partial charge < -0.3 is 15.1 Å². The standard InChI is InChI=1S/C15H18ClNO4/c1-2-5-15(14(20)21)6-7-17(9-15)13(19)11-8-10(18)3-4-12(11)16/h3-4,8,18H,2,5-7,9H2,1H3,(H,20,21). The number of aliphatic carboxylic acids is 1. The Labute approximate surface area is 128 Å². The van der Waals surface area contributed by atoms with Crippen LogP contribution in [0.15, 0.2) is 18.2 Å². The maximum absolute atomic E-state index is 12.5. The van der Waals surface area contributed by atoms with E-state index in [1.54, 1.807) is 0 Å². The number of carbonyl (C=O) groups excluding carboxylic acids is 1. The maximum atomic E-state index is 12.5. The van der Waals surface area contributed by atoms with Crippen LogP contribution in [0.2, 0.25) is 5.02 Å². The van der Waals surface area contributed by atoms with E-state index in [0.29, 0.717) is 19.4 Å². The smallest absolute Gasteiger partial charge is 0.311 e. The highest BCUT2D eigenvalue weighted by Gasteiger charge is 2.45. The fourth-order valence-corrected chi connectivity index (χ4v) is 3.06. The molecule has 1 unspecified atom stereocenters. The van der Waals surface area contributed by atoms with E-state index in [1.165, 1.54) is 23.1 Å². The molecular weight excluding hydrogens is 294 g/mol. The van der Waals surface area contributed by atoms with Crippen molar-refractivity contribution in [2.75, 3.05) is 13.1 Å². The summed E-state index contributed by atoms with van der Waals surface area (Å²) in [4.78, 5) is 25.5. The number of carboxylic acids is 1. The van der Waals surface area contributed by atoms with Gasteiger partial charge in [0, 0.05) is 13.1 Å². The van der Waals surface area contributed by atoms with Crippen LogP contribution in [0.3, 0.4) is 0 Å². The van der Waals surface area contributed by atoms with E-state index < -0.39 is 11.4 Å². The van der Waals surface area contributed by atoms with Crippen LogP contribution in [0.5, 0.6) is 5.75 Å². The number of nitrogens with zero attached hydrogens (tertiary/aromatic N) is 1. The number of benzene rings is 1. The third-order valence-electron chi connectivity index (χ3n) is 4.00. The Bertz CT molecular complexity index is 575. The lowest BCUT2D eigenvalue weighted by molar-refractivity contribution is -0.148. The summed E-state index contributed by atoms with van der Waals surface area (Å²) in [6.45, 7) is 2.50. The largest absolute Gasteiger partial charge is 0.508 e. The zero-order chi connectivity index (χ0) is 15.6. The van der Waals surface area contributed by atoms with E-state index in [2.05, 4.69) is 0 Å². The molecule has 6 heteroatoms. The molecule has 2 rings (SSSR count). The summed E-state index contributed by atoms with van der Waals surface area (Å²) in [5, 5.41) is 19.2. The zero-order valence-corrected chi connectivity index (χ0v) is 12.6. The Kier molecular flexibility index (Phi) is 4.42. The first-order valence-electron chi connectivity index (χ1n) is 6.91. The number of phenolic OH excluding ortho intramolecular Hbond substituents is 1. The lowest BCUT2D eigenvalue weighted by Gasteiger charge is -2.24. The van der Waals surface area contributed by atoms with Crippen LogP contribution in [0.25, 0.3) is 0 Å². The molecule has 1 saturated heterocycles. The first-order chi connectivity index (χ1) is 9.89. The van der Waals surface area contributed by atoms with Crippen molar-refractivity contribution in [3.8, 4) is 5.75 Å². The summed E-state index contributed by atoms with van der Waals surface area (Å²) < 4.78 is 0. The summed E-state index contributed by atoms with van der Waals surface area (Å²) in [6.07, 6.45) is 1.74. The minimum absolute atomic E-state index is 0.0417. The molecule has 21 heavy (non-hydrogen) atoms. The fraction of sp³-hybridized carbons (Fsp3) is 0.467. The SMILES string of the molecule is CCCC1(C(=O)O)CCN(C(=O)c2cc(O)ccc2Cl)C1. The van der Waals surface area contributed by atoms with Gasteiger partial charge in [-0.3, -0.25) is 9.59 Å². The van der Waals surface area contributed by atoms with Gasteiger partial charge in [-0.05, 0) is 31.0 Å². The fourth-order valence-electron chi connectivity index (χ4n) is 2.86. The van der Waals surface area contributed by atoms with Gasteiger partial charge >= 0.3 is 5.97 Å². The van der Waals surface area contributed by atoms with Gasteiger partial charge in [0.1, 0.15) is 5.75 Å². The normalized spacial score (nSPS) is 21.5. The Morgan fingerprint density at radius 3 is 2.76 bits per heavy atom. The summed E-state index contributed by atoms with van der Waals surface area (Å²) in [5.74, 6) is -1.24. The second kappa shape index (κ2) is 5.93. The molecule has 1 aromatic carbocycles. The summed E-state index contributed by atoms with van der Waals surface area (Å²) >= 11 is 5.99. The van der Waals surface area contributed by atoms with Crippen LogP contribution in [0, 0.1) is 5.41 Å². The molecule has 2 N–H and O–H groups in total. The van der Waals surface area contributed by atoms with Crippen molar-refractivity contribution in [2.24, 2.45) is 5.41 Å². The topological polar surface area (TPSA) is 77.8 Å². The summed E-state index contributed by atoms with van der Waals surface area (Å²) in [6, 6.07) is 4.17. The van der Waals surface area contributed by atoms with Gasteiger partial charge in [0.2, 0.25) is 0 Å². The second-order valence-electron chi connectivity index (χ2n) is 5.48. The third kappa shape index (κ3) is 2.97. The van der Waals surface area contributed by atoms with Gasteiger partial charge in [0.15, 0.2) is 0 Å². The predicted octanol–water partition coefficient (Wildman–Crippen LogP) is 2.76. The number of carboxylic acid groups (broad SMARTS) is 1. The molecule has 0 aliphatic carbocycles. The Morgan fingerprint density at radius 1 is 1.43 bits per heavy atom. The van der Waals surface area contributed by atoms with E-state index >= 15 is 0 Å². The van der Waals surface area contributed by atoms with Crippen LogP contribution in [0.1, 0.15) is 36.5 Å². The Hall–Kier alpha value is -1.75. The highest BCUT2D eigenvalue weighted by atomic mass is 35.5. The van der Waals surface area contributed by atoms with Gasteiger partial charge in [-0.1, -0.05) is 24.9 Å². The molecule has 1 aromatic rings. The molecule has 0 saturated carbocycles. The van der Waals surface area contributed by atoms with Crippen molar-refractivity contribution in [3.63, 3.8) is 0 Å². The van der Waals surface area contributed by atoms with Crippen molar-refractivity contribution in [3.05, 3.63) is 28.8 Å². The van der Waals surface area contributed by atoms with Gasteiger partial charge in [0.05, 0.1) is 16.0 Å². The molecule has 1 amide bonds. The minimum atomic E-state index is -0.867. The number of hydrogen-bond donors (Lipinski definition) is 2.